The molecule has 0 spiro atoms. The first-order valence-corrected chi connectivity index (χ1v) is 7.54. The number of piperidine rings is 1. The largest absolute Gasteiger partial charge is 0.465 e. The van der Waals surface area contributed by atoms with Gasteiger partial charge in [-0.1, -0.05) is 13.8 Å². The molecule has 0 bridgehead atoms. The van der Waals surface area contributed by atoms with Gasteiger partial charge in [0.25, 0.3) is 11.4 Å². The molecule has 1 aromatic carbocycles. The molecule has 9 heteroatoms. The Labute approximate surface area is 138 Å². The maximum atomic E-state index is 12.1. The predicted octanol–water partition coefficient (Wildman–Crippen LogP) is 2.77. The van der Waals surface area contributed by atoms with Crippen LogP contribution in [0.25, 0.3) is 0 Å². The first-order valence-electron chi connectivity index (χ1n) is 7.54. The van der Waals surface area contributed by atoms with Crippen molar-refractivity contribution in [1.82, 2.24) is 0 Å². The molecule has 1 saturated heterocycles. The topological polar surface area (TPSA) is 116 Å². The summed E-state index contributed by atoms with van der Waals surface area (Å²) >= 11 is 0. The van der Waals surface area contributed by atoms with E-state index >= 15 is 0 Å². The Hall–Kier alpha value is -2.71. The Morgan fingerprint density at radius 1 is 1.17 bits per heavy atom. The lowest BCUT2D eigenvalue weighted by atomic mass is 9.91. The molecule has 2 atom stereocenters. The van der Waals surface area contributed by atoms with Crippen LogP contribution in [0.2, 0.25) is 0 Å². The van der Waals surface area contributed by atoms with Crippen LogP contribution < -0.4 is 4.90 Å². The van der Waals surface area contributed by atoms with Crippen LogP contribution in [0.5, 0.6) is 0 Å². The first-order chi connectivity index (χ1) is 11.2. The van der Waals surface area contributed by atoms with E-state index < -0.39 is 27.2 Å². The number of nitrogens with zero attached hydrogens (tertiary/aromatic N) is 3. The fraction of sp³-hybridized carbons (Fsp3) is 0.533. The van der Waals surface area contributed by atoms with Crippen LogP contribution in [0.1, 0.15) is 30.6 Å². The molecule has 1 aliphatic heterocycles. The minimum atomic E-state index is -0.831. The molecule has 0 aliphatic carbocycles. The maximum absolute atomic E-state index is 12.1. The van der Waals surface area contributed by atoms with Gasteiger partial charge in [-0.15, -0.1) is 0 Å². The number of anilines is 1. The van der Waals surface area contributed by atoms with E-state index in [-0.39, 0.29) is 23.1 Å². The van der Waals surface area contributed by atoms with Crippen LogP contribution in [-0.4, -0.2) is 36.0 Å². The van der Waals surface area contributed by atoms with Crippen LogP contribution in [0.3, 0.4) is 0 Å². The summed E-state index contributed by atoms with van der Waals surface area (Å²) in [5.41, 5.74) is -1.02. The molecule has 0 amide bonds. The highest BCUT2D eigenvalue weighted by Crippen LogP contribution is 2.39. The van der Waals surface area contributed by atoms with Gasteiger partial charge >= 0.3 is 5.97 Å². The molecule has 1 aliphatic rings. The van der Waals surface area contributed by atoms with Crippen molar-refractivity contribution in [2.75, 3.05) is 25.1 Å². The third-order valence-corrected chi connectivity index (χ3v) is 4.07. The molecule has 2 unspecified atom stereocenters. The summed E-state index contributed by atoms with van der Waals surface area (Å²) in [4.78, 5) is 34.9. The number of rotatable bonds is 4. The summed E-state index contributed by atoms with van der Waals surface area (Å²) in [6.07, 6.45) is 0.977. The van der Waals surface area contributed by atoms with Gasteiger partial charge in [-0.3, -0.25) is 20.2 Å². The van der Waals surface area contributed by atoms with Crippen molar-refractivity contribution in [3.05, 3.63) is 37.9 Å². The number of benzene rings is 1. The van der Waals surface area contributed by atoms with E-state index in [1.807, 2.05) is 13.8 Å². The number of nitro benzene ring substituents is 2. The van der Waals surface area contributed by atoms with Gasteiger partial charge < -0.3 is 9.64 Å². The second-order valence-electron chi connectivity index (χ2n) is 6.22. The number of hydrogen-bond donors (Lipinski definition) is 0. The van der Waals surface area contributed by atoms with E-state index in [4.69, 9.17) is 0 Å². The zero-order chi connectivity index (χ0) is 18.0. The van der Waals surface area contributed by atoms with Crippen molar-refractivity contribution in [1.29, 1.82) is 0 Å². The summed E-state index contributed by atoms with van der Waals surface area (Å²) < 4.78 is 4.68. The smallest absolute Gasteiger partial charge is 0.340 e. The minimum Gasteiger partial charge on any atom is -0.465 e. The summed E-state index contributed by atoms with van der Waals surface area (Å²) in [5.74, 6) is -0.259. The van der Waals surface area contributed by atoms with Crippen LogP contribution in [-0.2, 0) is 4.74 Å². The molecule has 2 rings (SSSR count). The number of nitro groups is 2. The number of carbonyl (C=O) groups excluding carboxylic acids is 1. The summed E-state index contributed by atoms with van der Waals surface area (Å²) in [6.45, 7) is 5.12. The number of carbonyl (C=O) groups is 1. The predicted molar refractivity (Wildman–Crippen MR) is 86.2 cm³/mol. The van der Waals surface area contributed by atoms with E-state index in [1.165, 1.54) is 0 Å². The lowest BCUT2D eigenvalue weighted by Crippen LogP contribution is -2.39. The third-order valence-electron chi connectivity index (χ3n) is 4.07. The van der Waals surface area contributed by atoms with Gasteiger partial charge in [0.05, 0.1) is 28.6 Å². The van der Waals surface area contributed by atoms with Crippen molar-refractivity contribution in [2.24, 2.45) is 11.8 Å². The van der Waals surface area contributed by atoms with Crippen LogP contribution >= 0.6 is 0 Å². The number of hydrogen-bond acceptors (Lipinski definition) is 7. The number of esters is 1. The second kappa shape index (κ2) is 6.81. The van der Waals surface area contributed by atoms with E-state index in [9.17, 15) is 25.0 Å². The zero-order valence-electron chi connectivity index (χ0n) is 13.7. The lowest BCUT2D eigenvalue weighted by Gasteiger charge is -2.36. The highest BCUT2D eigenvalue weighted by atomic mass is 16.6. The second-order valence-corrected chi connectivity index (χ2v) is 6.22. The fourth-order valence-corrected chi connectivity index (χ4v) is 3.29. The third kappa shape index (κ3) is 3.44. The fourth-order valence-electron chi connectivity index (χ4n) is 3.29. The molecular weight excluding hydrogens is 318 g/mol. The molecule has 0 saturated carbocycles. The van der Waals surface area contributed by atoms with Crippen LogP contribution in [0, 0.1) is 32.1 Å². The molecule has 130 valence electrons. The van der Waals surface area contributed by atoms with E-state index in [2.05, 4.69) is 4.74 Å². The molecular formula is C15H19N3O6. The summed E-state index contributed by atoms with van der Waals surface area (Å²) in [7, 11) is 1.14. The Morgan fingerprint density at radius 2 is 1.75 bits per heavy atom. The van der Waals surface area contributed by atoms with Gasteiger partial charge in [0.2, 0.25) is 0 Å². The van der Waals surface area contributed by atoms with Gasteiger partial charge in [-0.05, 0) is 18.3 Å². The number of methoxy groups -OCH3 is 1. The van der Waals surface area contributed by atoms with Gasteiger partial charge in [-0.25, -0.2) is 4.79 Å². The molecule has 0 radical (unpaired) electrons. The van der Waals surface area contributed by atoms with E-state index in [0.29, 0.717) is 13.1 Å². The average Bonchev–Trinajstić information content (AvgIpc) is 2.51. The van der Waals surface area contributed by atoms with Crippen LogP contribution in [0.15, 0.2) is 12.1 Å². The zero-order valence-corrected chi connectivity index (χ0v) is 13.7. The highest BCUT2D eigenvalue weighted by Gasteiger charge is 2.34. The quantitative estimate of drug-likeness (QED) is 0.471. The number of non-ortho nitro benzene ring substituents is 1. The summed E-state index contributed by atoms with van der Waals surface area (Å²) in [5, 5.41) is 22.5. The average molecular weight is 337 g/mol. The summed E-state index contributed by atoms with van der Waals surface area (Å²) in [6, 6.07) is 1.93. The van der Waals surface area contributed by atoms with E-state index in [1.54, 1.807) is 4.90 Å². The van der Waals surface area contributed by atoms with Gasteiger partial charge in [0.1, 0.15) is 5.69 Å². The van der Waals surface area contributed by atoms with Crippen molar-refractivity contribution >= 4 is 23.0 Å². The molecule has 1 heterocycles. The molecule has 1 fully saturated rings. The Bertz CT molecular complexity index is 680. The van der Waals surface area contributed by atoms with E-state index in [0.717, 1.165) is 25.7 Å². The van der Waals surface area contributed by atoms with Gasteiger partial charge in [0, 0.05) is 19.2 Å². The SMILES string of the molecule is COC(=O)c1cc([N+](=O)[O-])cc([N+](=O)[O-])c1N1CC(C)CC(C)C1. The molecule has 9 nitrogen and oxygen atoms in total. The maximum Gasteiger partial charge on any atom is 0.340 e. The van der Waals surface area contributed by atoms with Crippen molar-refractivity contribution in [2.45, 2.75) is 20.3 Å². The lowest BCUT2D eigenvalue weighted by molar-refractivity contribution is -0.393. The monoisotopic (exact) mass is 337 g/mol. The molecule has 24 heavy (non-hydrogen) atoms. The Kier molecular flexibility index (Phi) is 5.01. The Balaban J connectivity index is 2.68. The van der Waals surface area contributed by atoms with Crippen LogP contribution in [0.4, 0.5) is 17.1 Å². The molecule has 1 aromatic rings. The standard InChI is InChI=1S/C15H19N3O6/c1-9-4-10(2)8-16(7-9)14-12(15(19)24-3)5-11(17(20)21)6-13(14)18(22)23/h5-6,9-10H,4,7-8H2,1-3H3. The number of ether oxygens (including phenoxy) is 1. The van der Waals surface area contributed by atoms with Gasteiger partial charge in [-0.2, -0.15) is 0 Å². The van der Waals surface area contributed by atoms with Gasteiger partial charge in [0.15, 0.2) is 0 Å². The van der Waals surface area contributed by atoms with Crippen molar-refractivity contribution in [3.63, 3.8) is 0 Å². The normalized spacial score (nSPS) is 20.5. The van der Waals surface area contributed by atoms with Crippen molar-refractivity contribution < 1.29 is 19.4 Å². The first kappa shape index (κ1) is 17.6. The minimum absolute atomic E-state index is 0.0934. The highest BCUT2D eigenvalue weighted by molar-refractivity contribution is 5.99. The Morgan fingerprint density at radius 3 is 2.21 bits per heavy atom. The molecule has 0 N–H and O–H groups in total. The molecule has 0 aromatic heterocycles. The van der Waals surface area contributed by atoms with Crippen molar-refractivity contribution in [3.8, 4) is 0 Å².